The van der Waals surface area contributed by atoms with Crippen LogP contribution in [0.25, 0.3) is 10.9 Å². The molecule has 0 spiro atoms. The normalized spacial score (nSPS) is 11.4. The van der Waals surface area contributed by atoms with Crippen molar-refractivity contribution in [1.29, 1.82) is 0 Å². The van der Waals surface area contributed by atoms with Gasteiger partial charge in [-0.1, -0.05) is 30.3 Å². The Morgan fingerprint density at radius 1 is 1.13 bits per heavy atom. The number of pyridine rings is 1. The molecule has 4 aromatic rings. The van der Waals surface area contributed by atoms with Crippen molar-refractivity contribution < 1.29 is 9.90 Å². The van der Waals surface area contributed by atoms with Crippen molar-refractivity contribution in [2.45, 2.75) is 0 Å². The van der Waals surface area contributed by atoms with E-state index in [-0.39, 0.29) is 22.8 Å². The number of hydrazone groups is 1. The summed E-state index contributed by atoms with van der Waals surface area (Å²) in [7, 11) is 1.57. The van der Waals surface area contributed by atoms with Crippen molar-refractivity contribution in [1.82, 2.24) is 30.6 Å². The van der Waals surface area contributed by atoms with E-state index in [0.717, 1.165) is 0 Å². The minimum Gasteiger partial charge on any atom is -0.506 e. The third kappa shape index (κ3) is 3.46. The standard InChI is InChI=1S/C19H16N8O3/c1-27-13-10-6-5-9-12(13)16(28)14(18(27)29)15(17-22-25-26-23-17)21-24-19(30)20-11-7-3-2-4-8-11/h2-10,28H,1H3,(H2,20,24,30)(H,22,23,25,26)/b21-15+. The van der Waals surface area contributed by atoms with Crippen LogP contribution in [0, 0.1) is 0 Å². The first-order valence-electron chi connectivity index (χ1n) is 8.81. The fourth-order valence-corrected chi connectivity index (χ4v) is 2.96. The van der Waals surface area contributed by atoms with Gasteiger partial charge in [-0.2, -0.15) is 10.3 Å². The SMILES string of the molecule is Cn1c(=O)c(/C(=N\NC(=O)Nc2ccccc2)c2nn[nH]n2)c(O)c2ccccc21. The number of hydrogen-bond donors (Lipinski definition) is 4. The molecule has 0 bridgehead atoms. The van der Waals surface area contributed by atoms with E-state index in [4.69, 9.17) is 0 Å². The maximum atomic E-state index is 13.0. The molecule has 0 unspecified atom stereocenters. The summed E-state index contributed by atoms with van der Waals surface area (Å²) >= 11 is 0. The lowest BCUT2D eigenvalue weighted by Crippen LogP contribution is -2.30. The number of tetrazole rings is 1. The quantitative estimate of drug-likeness (QED) is 0.298. The van der Waals surface area contributed by atoms with Gasteiger partial charge in [0.1, 0.15) is 17.0 Å². The van der Waals surface area contributed by atoms with Gasteiger partial charge in [0.15, 0.2) is 0 Å². The maximum Gasteiger partial charge on any atom is 0.339 e. The molecule has 0 saturated carbocycles. The molecule has 11 nitrogen and oxygen atoms in total. The zero-order valence-corrected chi connectivity index (χ0v) is 15.7. The van der Waals surface area contributed by atoms with Gasteiger partial charge >= 0.3 is 6.03 Å². The number of benzene rings is 2. The smallest absolute Gasteiger partial charge is 0.339 e. The summed E-state index contributed by atoms with van der Waals surface area (Å²) in [6.45, 7) is 0. The van der Waals surface area contributed by atoms with Crippen LogP contribution in [0.3, 0.4) is 0 Å². The summed E-state index contributed by atoms with van der Waals surface area (Å²) < 4.78 is 1.37. The first-order valence-corrected chi connectivity index (χ1v) is 8.81. The molecule has 0 aliphatic rings. The molecule has 30 heavy (non-hydrogen) atoms. The van der Waals surface area contributed by atoms with E-state index in [1.165, 1.54) is 4.57 Å². The van der Waals surface area contributed by atoms with Crippen LogP contribution in [-0.4, -0.2) is 42.0 Å². The Balaban J connectivity index is 1.78. The van der Waals surface area contributed by atoms with Crippen molar-refractivity contribution in [3.8, 4) is 5.75 Å². The lowest BCUT2D eigenvalue weighted by Gasteiger charge is -2.12. The number of aromatic hydroxyl groups is 1. The van der Waals surface area contributed by atoms with Gasteiger partial charge in [0.05, 0.1) is 5.52 Å². The van der Waals surface area contributed by atoms with Crippen LogP contribution >= 0.6 is 0 Å². The van der Waals surface area contributed by atoms with E-state index >= 15 is 0 Å². The van der Waals surface area contributed by atoms with Crippen LogP contribution in [0.1, 0.15) is 11.4 Å². The van der Waals surface area contributed by atoms with Gasteiger partial charge in [-0.05, 0) is 29.5 Å². The number of carbonyl (C=O) groups is 1. The van der Waals surface area contributed by atoms with Crippen molar-refractivity contribution in [3.63, 3.8) is 0 Å². The second-order valence-electron chi connectivity index (χ2n) is 6.23. The molecule has 0 aliphatic heterocycles. The number of carbonyl (C=O) groups excluding carboxylic acids is 1. The van der Waals surface area contributed by atoms with Crippen molar-refractivity contribution in [2.75, 3.05) is 5.32 Å². The summed E-state index contributed by atoms with van der Waals surface area (Å²) in [6.07, 6.45) is 0. The van der Waals surface area contributed by atoms with E-state index in [9.17, 15) is 14.7 Å². The van der Waals surface area contributed by atoms with Gasteiger partial charge < -0.3 is 15.0 Å². The first-order chi connectivity index (χ1) is 14.6. The second-order valence-corrected chi connectivity index (χ2v) is 6.23. The first kappa shape index (κ1) is 18.8. The number of aromatic amines is 1. The number of nitrogens with zero attached hydrogens (tertiary/aromatic N) is 5. The third-order valence-electron chi connectivity index (χ3n) is 4.37. The Morgan fingerprint density at radius 2 is 1.87 bits per heavy atom. The van der Waals surface area contributed by atoms with Gasteiger partial charge in [-0.3, -0.25) is 4.79 Å². The zero-order chi connectivity index (χ0) is 21.1. The number of anilines is 1. The van der Waals surface area contributed by atoms with Gasteiger partial charge in [0.2, 0.25) is 5.82 Å². The Hall–Kier alpha value is -4.54. The van der Waals surface area contributed by atoms with E-state index in [0.29, 0.717) is 16.6 Å². The van der Waals surface area contributed by atoms with Gasteiger partial charge in [-0.15, -0.1) is 10.2 Å². The number of urea groups is 1. The number of fused-ring (bicyclic) bond motifs is 1. The highest BCUT2D eigenvalue weighted by atomic mass is 16.3. The van der Waals surface area contributed by atoms with Crippen molar-refractivity contribution >= 4 is 28.3 Å². The molecule has 4 N–H and O–H groups in total. The second kappa shape index (κ2) is 7.83. The lowest BCUT2D eigenvalue weighted by molar-refractivity contribution is 0.252. The number of H-pyrrole nitrogens is 1. The predicted molar refractivity (Wildman–Crippen MR) is 109 cm³/mol. The van der Waals surface area contributed by atoms with E-state index in [1.54, 1.807) is 55.6 Å². The van der Waals surface area contributed by atoms with Crippen LogP contribution in [0.5, 0.6) is 5.75 Å². The number of rotatable bonds is 4. The molecule has 2 aromatic carbocycles. The average molecular weight is 404 g/mol. The van der Waals surface area contributed by atoms with Crippen LogP contribution in [-0.2, 0) is 7.05 Å². The molecule has 2 heterocycles. The molecule has 0 radical (unpaired) electrons. The Morgan fingerprint density at radius 3 is 2.60 bits per heavy atom. The maximum absolute atomic E-state index is 13.0. The largest absolute Gasteiger partial charge is 0.506 e. The molecule has 4 rings (SSSR count). The summed E-state index contributed by atoms with van der Waals surface area (Å²) in [5, 5.41) is 31.3. The summed E-state index contributed by atoms with van der Waals surface area (Å²) in [6, 6.07) is 14.9. The Kier molecular flexibility index (Phi) is 4.91. The minimum absolute atomic E-state index is 0.0716. The fraction of sp³-hybridized carbons (Fsp3) is 0.0526. The molecule has 0 saturated heterocycles. The van der Waals surface area contributed by atoms with E-state index in [1.807, 2.05) is 6.07 Å². The number of aromatic nitrogens is 5. The fourth-order valence-electron chi connectivity index (χ4n) is 2.96. The van der Waals surface area contributed by atoms with Crippen molar-refractivity contribution in [2.24, 2.45) is 12.1 Å². The van der Waals surface area contributed by atoms with Gasteiger partial charge in [-0.25, -0.2) is 10.2 Å². The number of aryl methyl sites for hydroxylation is 1. The number of amides is 2. The van der Waals surface area contributed by atoms with E-state index < -0.39 is 11.6 Å². The van der Waals surface area contributed by atoms with Gasteiger partial charge in [0.25, 0.3) is 5.56 Å². The summed E-state index contributed by atoms with van der Waals surface area (Å²) in [5.41, 5.74) is 2.53. The summed E-state index contributed by atoms with van der Waals surface area (Å²) in [4.78, 5) is 25.2. The highest BCUT2D eigenvalue weighted by molar-refractivity contribution is 6.14. The zero-order valence-electron chi connectivity index (χ0n) is 15.7. The summed E-state index contributed by atoms with van der Waals surface area (Å²) in [5.74, 6) is -0.375. The molecule has 0 fully saturated rings. The highest BCUT2D eigenvalue weighted by Gasteiger charge is 2.24. The number of para-hydroxylation sites is 2. The Labute approximate surface area is 169 Å². The molecule has 2 aromatic heterocycles. The molecular weight excluding hydrogens is 388 g/mol. The topological polar surface area (TPSA) is 150 Å². The Bertz CT molecular complexity index is 1300. The van der Waals surface area contributed by atoms with Crippen LogP contribution in [0.15, 0.2) is 64.5 Å². The molecule has 0 aliphatic carbocycles. The molecule has 2 amide bonds. The molecule has 11 heteroatoms. The van der Waals surface area contributed by atoms with Crippen LogP contribution < -0.4 is 16.3 Å². The van der Waals surface area contributed by atoms with Crippen molar-refractivity contribution in [3.05, 3.63) is 76.3 Å². The van der Waals surface area contributed by atoms with E-state index in [2.05, 4.69) is 36.5 Å². The molecular formula is C19H16N8O3. The van der Waals surface area contributed by atoms with Crippen LogP contribution in [0.4, 0.5) is 10.5 Å². The number of nitrogens with one attached hydrogen (secondary N) is 3. The van der Waals surface area contributed by atoms with Gasteiger partial charge in [0, 0.05) is 18.1 Å². The highest BCUT2D eigenvalue weighted by Crippen LogP contribution is 2.27. The molecule has 150 valence electrons. The average Bonchev–Trinajstić information content (AvgIpc) is 3.30. The lowest BCUT2D eigenvalue weighted by atomic mass is 10.1. The van der Waals surface area contributed by atoms with Crippen LogP contribution in [0.2, 0.25) is 0 Å². The predicted octanol–water partition coefficient (Wildman–Crippen LogP) is 1.33. The third-order valence-corrected chi connectivity index (χ3v) is 4.37. The minimum atomic E-state index is -0.653. The monoisotopic (exact) mass is 404 g/mol. The molecule has 0 atom stereocenters. The number of hydrogen-bond acceptors (Lipinski definition) is 7.